The van der Waals surface area contributed by atoms with Crippen molar-refractivity contribution < 1.29 is 9.90 Å². The molecule has 1 fully saturated rings. The van der Waals surface area contributed by atoms with E-state index < -0.39 is 0 Å². The van der Waals surface area contributed by atoms with Crippen LogP contribution in [0.15, 0.2) is 30.3 Å². The first-order valence-electron chi connectivity index (χ1n) is 6.90. The second-order valence-electron chi connectivity index (χ2n) is 5.15. The van der Waals surface area contributed by atoms with Gasteiger partial charge in [0.05, 0.1) is 19.2 Å². The Bertz CT molecular complexity index is 408. The van der Waals surface area contributed by atoms with Crippen LogP contribution in [0, 0.1) is 0 Å². The fourth-order valence-corrected chi connectivity index (χ4v) is 2.61. The van der Waals surface area contributed by atoms with Gasteiger partial charge in [0.25, 0.3) is 0 Å². The van der Waals surface area contributed by atoms with Gasteiger partial charge < -0.3 is 10.4 Å². The predicted octanol–water partition coefficient (Wildman–Crippen LogP) is 1.32. The Morgan fingerprint density at radius 1 is 1.47 bits per heavy atom. The quantitative estimate of drug-likeness (QED) is 0.841. The van der Waals surface area contributed by atoms with Gasteiger partial charge in [0, 0.05) is 6.04 Å². The highest BCUT2D eigenvalue weighted by molar-refractivity contribution is 5.78. The summed E-state index contributed by atoms with van der Waals surface area (Å²) in [6.07, 6.45) is 2.05. The maximum absolute atomic E-state index is 12.0. The molecule has 1 amide bonds. The van der Waals surface area contributed by atoms with E-state index in [4.69, 9.17) is 0 Å². The Kier molecular flexibility index (Phi) is 4.93. The van der Waals surface area contributed by atoms with E-state index in [1.165, 1.54) is 0 Å². The highest BCUT2D eigenvalue weighted by Crippen LogP contribution is 2.16. The molecule has 1 aromatic carbocycles. The second kappa shape index (κ2) is 6.68. The zero-order valence-electron chi connectivity index (χ0n) is 11.4. The highest BCUT2D eigenvalue weighted by Gasteiger charge is 2.25. The Labute approximate surface area is 114 Å². The molecule has 19 heavy (non-hydrogen) atoms. The van der Waals surface area contributed by atoms with Gasteiger partial charge in [-0.25, -0.2) is 0 Å². The fraction of sp³-hybridized carbons (Fsp3) is 0.533. The summed E-state index contributed by atoms with van der Waals surface area (Å²) in [7, 11) is 0. The van der Waals surface area contributed by atoms with E-state index in [9.17, 15) is 9.90 Å². The molecule has 0 aromatic heterocycles. The third-order valence-electron chi connectivity index (χ3n) is 3.73. The second-order valence-corrected chi connectivity index (χ2v) is 5.15. The summed E-state index contributed by atoms with van der Waals surface area (Å²) in [5.74, 6) is 0.0247. The predicted molar refractivity (Wildman–Crippen MR) is 74.7 cm³/mol. The number of benzene rings is 1. The van der Waals surface area contributed by atoms with Crippen molar-refractivity contribution in [3.05, 3.63) is 35.9 Å². The van der Waals surface area contributed by atoms with Crippen LogP contribution < -0.4 is 5.32 Å². The van der Waals surface area contributed by atoms with E-state index in [1.807, 2.05) is 37.3 Å². The lowest BCUT2D eigenvalue weighted by atomic mass is 10.1. The van der Waals surface area contributed by atoms with Crippen molar-refractivity contribution in [2.45, 2.75) is 31.8 Å². The number of nitrogens with zero attached hydrogens (tertiary/aromatic N) is 1. The van der Waals surface area contributed by atoms with Crippen molar-refractivity contribution in [1.82, 2.24) is 10.2 Å². The first kappa shape index (κ1) is 14.0. The van der Waals surface area contributed by atoms with E-state index in [-0.39, 0.29) is 24.6 Å². The number of aliphatic hydroxyl groups is 1. The standard InChI is InChI=1S/C15H22N2O2/c1-12(13-6-3-2-4-7-13)16-15(19)10-17-9-5-8-14(17)11-18/h2-4,6-7,12,14,18H,5,8-11H2,1H3,(H,16,19). The number of hydrogen-bond donors (Lipinski definition) is 2. The maximum Gasteiger partial charge on any atom is 0.234 e. The molecule has 1 heterocycles. The maximum atomic E-state index is 12.0. The molecule has 0 radical (unpaired) electrons. The van der Waals surface area contributed by atoms with E-state index >= 15 is 0 Å². The largest absolute Gasteiger partial charge is 0.395 e. The number of aliphatic hydroxyl groups excluding tert-OH is 1. The molecular formula is C15H22N2O2. The number of hydrogen-bond acceptors (Lipinski definition) is 3. The Morgan fingerprint density at radius 3 is 2.89 bits per heavy atom. The van der Waals surface area contributed by atoms with Crippen LogP contribution in [0.1, 0.15) is 31.4 Å². The molecule has 1 aliphatic rings. The lowest BCUT2D eigenvalue weighted by Crippen LogP contribution is -2.41. The van der Waals surface area contributed by atoms with Gasteiger partial charge in [-0.15, -0.1) is 0 Å². The van der Waals surface area contributed by atoms with Gasteiger partial charge in [0.15, 0.2) is 0 Å². The lowest BCUT2D eigenvalue weighted by molar-refractivity contribution is -0.123. The van der Waals surface area contributed by atoms with Crippen molar-refractivity contribution >= 4 is 5.91 Å². The average molecular weight is 262 g/mol. The van der Waals surface area contributed by atoms with Crippen molar-refractivity contribution in [3.8, 4) is 0 Å². The minimum Gasteiger partial charge on any atom is -0.395 e. The number of rotatable bonds is 5. The first-order valence-corrected chi connectivity index (χ1v) is 6.90. The monoisotopic (exact) mass is 262 g/mol. The molecule has 2 unspecified atom stereocenters. The van der Waals surface area contributed by atoms with E-state index in [0.29, 0.717) is 6.54 Å². The van der Waals surface area contributed by atoms with Crippen LogP contribution in [0.5, 0.6) is 0 Å². The molecule has 4 heteroatoms. The molecule has 1 saturated heterocycles. The van der Waals surface area contributed by atoms with Gasteiger partial charge in [-0.1, -0.05) is 30.3 Å². The average Bonchev–Trinajstić information content (AvgIpc) is 2.86. The summed E-state index contributed by atoms with van der Waals surface area (Å²) >= 11 is 0. The summed E-state index contributed by atoms with van der Waals surface area (Å²) in [6, 6.07) is 10.1. The molecule has 0 bridgehead atoms. The SMILES string of the molecule is CC(NC(=O)CN1CCCC1CO)c1ccccc1. The van der Waals surface area contributed by atoms with Crippen LogP contribution in [0.4, 0.5) is 0 Å². The minimum absolute atomic E-state index is 0.0175. The molecule has 1 aliphatic heterocycles. The van der Waals surface area contributed by atoms with E-state index in [1.54, 1.807) is 0 Å². The van der Waals surface area contributed by atoms with Gasteiger partial charge in [0.1, 0.15) is 0 Å². The van der Waals surface area contributed by atoms with E-state index in [0.717, 1.165) is 24.9 Å². The number of nitrogens with one attached hydrogen (secondary N) is 1. The van der Waals surface area contributed by atoms with Crippen molar-refractivity contribution in [2.24, 2.45) is 0 Å². The third-order valence-corrected chi connectivity index (χ3v) is 3.73. The topological polar surface area (TPSA) is 52.6 Å². The smallest absolute Gasteiger partial charge is 0.234 e. The third kappa shape index (κ3) is 3.78. The molecule has 0 aliphatic carbocycles. The zero-order chi connectivity index (χ0) is 13.7. The molecule has 0 spiro atoms. The normalized spacial score (nSPS) is 21.3. The van der Waals surface area contributed by atoms with Crippen LogP contribution in [0.25, 0.3) is 0 Å². The molecular weight excluding hydrogens is 240 g/mol. The summed E-state index contributed by atoms with van der Waals surface area (Å²) in [6.45, 7) is 3.41. The van der Waals surface area contributed by atoms with Crippen molar-refractivity contribution in [3.63, 3.8) is 0 Å². The van der Waals surface area contributed by atoms with Crippen LogP contribution in [-0.2, 0) is 4.79 Å². The van der Waals surface area contributed by atoms with Crippen LogP contribution >= 0.6 is 0 Å². The van der Waals surface area contributed by atoms with Crippen LogP contribution in [0.2, 0.25) is 0 Å². The number of carbonyl (C=O) groups excluding carboxylic acids is 1. The Morgan fingerprint density at radius 2 is 2.21 bits per heavy atom. The molecule has 2 N–H and O–H groups in total. The first-order chi connectivity index (χ1) is 9.20. The van der Waals surface area contributed by atoms with E-state index in [2.05, 4.69) is 10.2 Å². The lowest BCUT2D eigenvalue weighted by Gasteiger charge is -2.23. The van der Waals surface area contributed by atoms with Crippen LogP contribution in [0.3, 0.4) is 0 Å². The highest BCUT2D eigenvalue weighted by atomic mass is 16.3. The summed E-state index contributed by atoms with van der Waals surface area (Å²) in [5.41, 5.74) is 1.11. The van der Waals surface area contributed by atoms with Gasteiger partial charge in [-0.3, -0.25) is 9.69 Å². The number of amides is 1. The van der Waals surface area contributed by atoms with Crippen molar-refractivity contribution in [1.29, 1.82) is 0 Å². The fourth-order valence-electron chi connectivity index (χ4n) is 2.61. The van der Waals surface area contributed by atoms with Gasteiger partial charge >= 0.3 is 0 Å². The number of likely N-dealkylation sites (tertiary alicyclic amines) is 1. The van der Waals surface area contributed by atoms with Gasteiger partial charge in [-0.05, 0) is 31.9 Å². The molecule has 4 nitrogen and oxygen atoms in total. The summed E-state index contributed by atoms with van der Waals surface area (Å²) < 4.78 is 0. The molecule has 0 saturated carbocycles. The number of carbonyl (C=O) groups is 1. The summed E-state index contributed by atoms with van der Waals surface area (Å²) in [4.78, 5) is 14.1. The molecule has 1 aromatic rings. The molecule has 104 valence electrons. The van der Waals surface area contributed by atoms with Crippen LogP contribution in [-0.4, -0.2) is 41.7 Å². The van der Waals surface area contributed by atoms with Gasteiger partial charge in [-0.2, -0.15) is 0 Å². The zero-order valence-corrected chi connectivity index (χ0v) is 11.4. The van der Waals surface area contributed by atoms with Crippen molar-refractivity contribution in [2.75, 3.05) is 19.7 Å². The molecule has 2 rings (SSSR count). The minimum atomic E-state index is 0.0175. The molecule has 2 atom stereocenters. The summed E-state index contributed by atoms with van der Waals surface area (Å²) in [5, 5.41) is 12.2. The van der Waals surface area contributed by atoms with Gasteiger partial charge in [0.2, 0.25) is 5.91 Å². The Balaban J connectivity index is 1.84. The Hall–Kier alpha value is -1.39.